The monoisotopic (exact) mass is 227 g/mol. The van der Waals surface area contributed by atoms with Crippen LogP contribution in [0.15, 0.2) is 36.5 Å². The first-order valence-corrected chi connectivity index (χ1v) is 5.67. The maximum atomic E-state index is 5.92. The number of nitrogens with one attached hydrogen (secondary N) is 1. The summed E-state index contributed by atoms with van der Waals surface area (Å²) in [5.74, 6) is 0. The van der Waals surface area contributed by atoms with Gasteiger partial charge in [-0.15, -0.1) is 0 Å². The van der Waals surface area contributed by atoms with Crippen LogP contribution in [0.25, 0.3) is 0 Å². The molecule has 88 valence electrons. The van der Waals surface area contributed by atoms with Gasteiger partial charge in [-0.3, -0.25) is 4.98 Å². The summed E-state index contributed by atoms with van der Waals surface area (Å²) in [7, 11) is 0. The normalized spacial score (nSPS) is 10.2. The molecule has 2 aromatic rings. The van der Waals surface area contributed by atoms with E-state index in [9.17, 15) is 0 Å². The number of anilines is 2. The Morgan fingerprint density at radius 2 is 1.88 bits per heavy atom. The topological polar surface area (TPSA) is 50.9 Å². The Bertz CT molecular complexity index is 483. The molecule has 0 aliphatic heterocycles. The third kappa shape index (κ3) is 2.75. The second-order valence-electron chi connectivity index (χ2n) is 4.20. The molecule has 17 heavy (non-hydrogen) atoms. The number of hydrogen-bond donors (Lipinski definition) is 2. The molecule has 1 aromatic heterocycles. The maximum Gasteiger partial charge on any atom is 0.0594 e. The number of nitrogens with zero attached hydrogens (tertiary/aromatic N) is 1. The molecule has 3 N–H and O–H groups in total. The summed E-state index contributed by atoms with van der Waals surface area (Å²) in [6, 6.07) is 10.0. The molecule has 0 amide bonds. The maximum absolute atomic E-state index is 5.92. The van der Waals surface area contributed by atoms with Crippen LogP contribution in [-0.4, -0.2) is 4.98 Å². The molecule has 0 saturated heterocycles. The van der Waals surface area contributed by atoms with E-state index in [-0.39, 0.29) is 0 Å². The molecular weight excluding hydrogens is 210 g/mol. The number of rotatable bonds is 3. The molecule has 0 aliphatic carbocycles. The highest BCUT2D eigenvalue weighted by atomic mass is 14.9. The molecular formula is C14H17N3. The van der Waals surface area contributed by atoms with E-state index in [1.807, 2.05) is 32.0 Å². The average molecular weight is 227 g/mol. The molecule has 0 saturated carbocycles. The van der Waals surface area contributed by atoms with Gasteiger partial charge >= 0.3 is 0 Å². The van der Waals surface area contributed by atoms with Crippen LogP contribution >= 0.6 is 0 Å². The number of nitrogens with two attached hydrogens (primary N) is 1. The van der Waals surface area contributed by atoms with Gasteiger partial charge in [-0.05, 0) is 49.2 Å². The fraction of sp³-hybridized carbons (Fsp3) is 0.214. The van der Waals surface area contributed by atoms with Crippen LogP contribution < -0.4 is 11.1 Å². The lowest BCUT2D eigenvalue weighted by Crippen LogP contribution is -2.03. The zero-order chi connectivity index (χ0) is 12.3. The number of nitrogen functional groups attached to an aromatic ring is 1. The van der Waals surface area contributed by atoms with Crippen LogP contribution in [0.5, 0.6) is 0 Å². The third-order valence-corrected chi connectivity index (χ3v) is 2.79. The van der Waals surface area contributed by atoms with Gasteiger partial charge < -0.3 is 11.1 Å². The molecule has 0 unspecified atom stereocenters. The predicted molar refractivity (Wildman–Crippen MR) is 71.9 cm³/mol. The van der Waals surface area contributed by atoms with Gasteiger partial charge in [0.25, 0.3) is 0 Å². The summed E-state index contributed by atoms with van der Waals surface area (Å²) < 4.78 is 0. The Balaban J connectivity index is 2.10. The summed E-state index contributed by atoms with van der Waals surface area (Å²) in [6.07, 6.45) is 1.80. The van der Waals surface area contributed by atoms with Gasteiger partial charge in [0, 0.05) is 17.6 Å². The minimum Gasteiger partial charge on any atom is -0.398 e. The van der Waals surface area contributed by atoms with Crippen molar-refractivity contribution in [1.29, 1.82) is 0 Å². The fourth-order valence-electron chi connectivity index (χ4n) is 1.77. The van der Waals surface area contributed by atoms with E-state index >= 15 is 0 Å². The second kappa shape index (κ2) is 4.87. The molecule has 3 nitrogen and oxygen atoms in total. The zero-order valence-corrected chi connectivity index (χ0v) is 10.2. The van der Waals surface area contributed by atoms with E-state index in [1.165, 1.54) is 0 Å². The van der Waals surface area contributed by atoms with Gasteiger partial charge in [-0.1, -0.05) is 6.07 Å². The Morgan fingerprint density at radius 1 is 1.18 bits per heavy atom. The van der Waals surface area contributed by atoms with E-state index in [0.717, 1.165) is 34.7 Å². The van der Waals surface area contributed by atoms with E-state index in [0.29, 0.717) is 0 Å². The van der Waals surface area contributed by atoms with Crippen molar-refractivity contribution < 1.29 is 0 Å². The molecule has 1 heterocycles. The van der Waals surface area contributed by atoms with Gasteiger partial charge in [0.2, 0.25) is 0 Å². The zero-order valence-electron chi connectivity index (χ0n) is 10.2. The van der Waals surface area contributed by atoms with Crippen LogP contribution in [-0.2, 0) is 6.54 Å². The van der Waals surface area contributed by atoms with Crippen molar-refractivity contribution >= 4 is 11.4 Å². The molecule has 0 fully saturated rings. The number of aromatic nitrogens is 1. The summed E-state index contributed by atoms with van der Waals surface area (Å²) in [6.45, 7) is 4.77. The smallest absolute Gasteiger partial charge is 0.0594 e. The Labute approximate surface area is 102 Å². The highest BCUT2D eigenvalue weighted by Crippen LogP contribution is 2.22. The highest BCUT2D eigenvalue weighted by Gasteiger charge is 2.01. The summed E-state index contributed by atoms with van der Waals surface area (Å²) >= 11 is 0. The first-order chi connectivity index (χ1) is 8.16. The second-order valence-corrected chi connectivity index (χ2v) is 4.20. The molecule has 1 aromatic carbocycles. The first-order valence-electron chi connectivity index (χ1n) is 5.67. The van der Waals surface area contributed by atoms with E-state index in [4.69, 9.17) is 5.73 Å². The lowest BCUT2D eigenvalue weighted by molar-refractivity contribution is 1.04. The lowest BCUT2D eigenvalue weighted by atomic mass is 10.1. The van der Waals surface area contributed by atoms with E-state index in [1.54, 1.807) is 6.20 Å². The van der Waals surface area contributed by atoms with Crippen molar-refractivity contribution in [2.24, 2.45) is 0 Å². The van der Waals surface area contributed by atoms with E-state index in [2.05, 4.69) is 22.4 Å². The van der Waals surface area contributed by atoms with Crippen molar-refractivity contribution in [2.45, 2.75) is 20.4 Å². The van der Waals surface area contributed by atoms with Gasteiger partial charge in [0.1, 0.15) is 0 Å². The predicted octanol–water partition coefficient (Wildman–Crippen LogP) is 2.89. The van der Waals surface area contributed by atoms with Crippen molar-refractivity contribution in [3.8, 4) is 0 Å². The minimum atomic E-state index is 0.726. The van der Waals surface area contributed by atoms with Crippen LogP contribution in [0, 0.1) is 13.8 Å². The number of hydrogen-bond acceptors (Lipinski definition) is 3. The van der Waals surface area contributed by atoms with Crippen molar-refractivity contribution in [2.75, 3.05) is 11.1 Å². The quantitative estimate of drug-likeness (QED) is 0.793. The molecule has 0 radical (unpaired) electrons. The van der Waals surface area contributed by atoms with Crippen LogP contribution in [0.4, 0.5) is 11.4 Å². The van der Waals surface area contributed by atoms with Crippen molar-refractivity contribution in [1.82, 2.24) is 4.98 Å². The Hall–Kier alpha value is -2.03. The first kappa shape index (κ1) is 11.5. The van der Waals surface area contributed by atoms with Gasteiger partial charge in [0.05, 0.1) is 12.2 Å². The van der Waals surface area contributed by atoms with Crippen LogP contribution in [0.3, 0.4) is 0 Å². The molecule has 3 heteroatoms. The highest BCUT2D eigenvalue weighted by molar-refractivity contribution is 5.61. The third-order valence-electron chi connectivity index (χ3n) is 2.79. The summed E-state index contributed by atoms with van der Waals surface area (Å²) in [5, 5.41) is 3.35. The standard InChI is InChI=1S/C14H17N3/c1-10-7-13(8-11(2)14(10)15)17-9-12-5-3-4-6-16-12/h3-8,17H,9,15H2,1-2H3. The summed E-state index contributed by atoms with van der Waals surface area (Å²) in [4.78, 5) is 4.27. The molecule has 0 bridgehead atoms. The largest absolute Gasteiger partial charge is 0.398 e. The summed E-state index contributed by atoms with van der Waals surface area (Å²) in [5.41, 5.74) is 11.1. The van der Waals surface area contributed by atoms with Gasteiger partial charge in [-0.25, -0.2) is 0 Å². The van der Waals surface area contributed by atoms with Crippen LogP contribution in [0.1, 0.15) is 16.8 Å². The molecule has 0 spiro atoms. The Morgan fingerprint density at radius 3 is 2.47 bits per heavy atom. The fourth-order valence-corrected chi connectivity index (χ4v) is 1.77. The number of benzene rings is 1. The molecule has 2 rings (SSSR count). The SMILES string of the molecule is Cc1cc(NCc2ccccn2)cc(C)c1N. The average Bonchev–Trinajstić information content (AvgIpc) is 2.34. The van der Waals surface area contributed by atoms with Crippen molar-refractivity contribution in [3.63, 3.8) is 0 Å². The minimum absolute atomic E-state index is 0.726. The van der Waals surface area contributed by atoms with Gasteiger partial charge in [-0.2, -0.15) is 0 Å². The lowest BCUT2D eigenvalue weighted by Gasteiger charge is -2.10. The van der Waals surface area contributed by atoms with Crippen molar-refractivity contribution in [3.05, 3.63) is 53.3 Å². The molecule has 0 atom stereocenters. The van der Waals surface area contributed by atoms with E-state index < -0.39 is 0 Å². The number of pyridine rings is 1. The van der Waals surface area contributed by atoms with Gasteiger partial charge in [0.15, 0.2) is 0 Å². The number of aryl methyl sites for hydroxylation is 2. The van der Waals surface area contributed by atoms with Crippen LogP contribution in [0.2, 0.25) is 0 Å². The Kier molecular flexibility index (Phi) is 3.28. The molecule has 0 aliphatic rings.